The summed E-state index contributed by atoms with van der Waals surface area (Å²) in [5.41, 5.74) is 9.65. The van der Waals surface area contributed by atoms with E-state index in [9.17, 15) is 0 Å². The molecule has 3 atom stereocenters. The van der Waals surface area contributed by atoms with Crippen LogP contribution in [0.3, 0.4) is 0 Å². The molecule has 3 unspecified atom stereocenters. The fourth-order valence-electron chi connectivity index (χ4n) is 19.7. The first-order chi connectivity index (χ1) is 56.5. The molecule has 13 rings (SSSR count). The van der Waals surface area contributed by atoms with E-state index in [0.717, 1.165) is 84.6 Å². The number of ketones is 4. The number of unbranched alkanes of at least 4 members (excludes halogenated alkanes) is 36. The van der Waals surface area contributed by atoms with Gasteiger partial charge < -0.3 is 13.7 Å². The highest BCUT2D eigenvalue weighted by atomic mass is 32.2. The molecule has 11 heteroatoms. The van der Waals surface area contributed by atoms with Crippen LogP contribution in [-0.2, 0) is 19.6 Å². The second-order valence-electron chi connectivity index (χ2n) is 35.4. The Morgan fingerprint density at radius 2 is 0.417 bits per heavy atom. The van der Waals surface area contributed by atoms with Crippen molar-refractivity contribution in [1.82, 2.24) is 13.7 Å². The summed E-state index contributed by atoms with van der Waals surface area (Å²) in [5.74, 6) is 1.28. The first-order valence-corrected chi connectivity index (χ1v) is 50.4. The number of aromatic nitrogens is 3. The Balaban J connectivity index is 0.812. The van der Waals surface area contributed by atoms with Gasteiger partial charge in [0.15, 0.2) is 0 Å². The number of hydrogen-bond acceptors (Lipinski definition) is 8. The van der Waals surface area contributed by atoms with Crippen LogP contribution in [-0.4, -0.2) is 36.8 Å². The number of nitrogens with zero attached hydrogens (tertiary/aromatic N) is 3. The fraction of sp³-hybridized carbons (Fsp3) is 0.577. The highest BCUT2D eigenvalue weighted by Gasteiger charge is 2.41. The van der Waals surface area contributed by atoms with E-state index in [4.69, 9.17) is 0 Å². The van der Waals surface area contributed by atoms with Crippen molar-refractivity contribution in [3.05, 3.63) is 139 Å². The molecule has 0 amide bonds. The average molecular weight is 1620 g/mol. The summed E-state index contributed by atoms with van der Waals surface area (Å²) in [5, 5.41) is 6.54. The first kappa shape index (κ1) is 87.1. The number of Topliss-reactive ketones (excluding diaryl/α,β-unsaturated/α-hetero) is 4. The van der Waals surface area contributed by atoms with E-state index in [0.29, 0.717) is 59.6 Å². The van der Waals surface area contributed by atoms with E-state index >= 15 is 19.2 Å². The van der Waals surface area contributed by atoms with Gasteiger partial charge in [-0.05, 0) is 117 Å². The Morgan fingerprint density at radius 1 is 0.226 bits per heavy atom. The quantitative estimate of drug-likeness (QED) is 0.0275. The molecule has 618 valence electrons. The number of fused-ring (bicyclic) bond motifs is 13. The molecule has 4 aliphatic heterocycles. The van der Waals surface area contributed by atoms with Crippen LogP contribution in [0.25, 0.3) is 65.4 Å². The van der Waals surface area contributed by atoms with Crippen LogP contribution in [0.2, 0.25) is 0 Å². The highest BCUT2D eigenvalue weighted by Crippen LogP contribution is 2.56. The SMILES string of the molecule is CCCCCCCCCCC(CCCCCCCC)Cn1c2ccccc2c2cc3c(cc21)S/C(=C1\Sc2cc4c(cc2C1=O)c1cc2c(cc1n4CC(CCCCCCCC)CCCCCCCCCC)S/C(=C1/Sc4cc5c(cc4C1=O)c1ccccc1n5CC(CCCCCCCC)CCCCCCCCCC)C2=O)C3=O. The predicted molar refractivity (Wildman–Crippen MR) is 499 cm³/mol. The summed E-state index contributed by atoms with van der Waals surface area (Å²) in [6.07, 6.45) is 62.0. The van der Waals surface area contributed by atoms with E-state index in [1.54, 1.807) is 0 Å². The molecule has 0 radical (unpaired) electrons. The Kier molecular flexibility index (Phi) is 33.7. The van der Waals surface area contributed by atoms with Crippen molar-refractivity contribution in [2.45, 2.75) is 389 Å². The Labute approximate surface area is 708 Å². The van der Waals surface area contributed by atoms with Gasteiger partial charge in [-0.25, -0.2) is 0 Å². The van der Waals surface area contributed by atoms with E-state index in [1.165, 1.54) is 375 Å². The molecule has 7 heterocycles. The van der Waals surface area contributed by atoms with Crippen molar-refractivity contribution >= 4 is 136 Å². The summed E-state index contributed by atoms with van der Waals surface area (Å²) in [6.45, 7) is 16.6. The molecule has 6 aromatic carbocycles. The van der Waals surface area contributed by atoms with Gasteiger partial charge in [0.05, 0.1) is 41.7 Å². The van der Waals surface area contributed by atoms with Gasteiger partial charge in [0, 0.05) is 105 Å². The molecule has 7 nitrogen and oxygen atoms in total. The third kappa shape index (κ3) is 21.5. The number of benzene rings is 6. The summed E-state index contributed by atoms with van der Waals surface area (Å²) in [6, 6.07) is 35.3. The van der Waals surface area contributed by atoms with E-state index in [2.05, 4.69) is 152 Å². The van der Waals surface area contributed by atoms with Crippen molar-refractivity contribution in [3.8, 4) is 0 Å². The number of hydrogen-bond donors (Lipinski definition) is 0. The summed E-state index contributed by atoms with van der Waals surface area (Å²) in [7, 11) is 0. The molecule has 0 bridgehead atoms. The lowest BCUT2D eigenvalue weighted by Crippen LogP contribution is -2.11. The minimum Gasteiger partial charge on any atom is -0.340 e. The fourth-order valence-corrected chi connectivity index (χ4v) is 24.4. The van der Waals surface area contributed by atoms with Crippen molar-refractivity contribution in [1.29, 1.82) is 0 Å². The van der Waals surface area contributed by atoms with Crippen molar-refractivity contribution < 1.29 is 19.2 Å². The zero-order valence-corrected chi connectivity index (χ0v) is 74.9. The smallest absolute Gasteiger partial charge is 0.202 e. The van der Waals surface area contributed by atoms with E-state index in [1.807, 2.05) is 0 Å². The van der Waals surface area contributed by atoms with Crippen molar-refractivity contribution in [3.63, 3.8) is 0 Å². The van der Waals surface area contributed by atoms with Crippen LogP contribution in [0.15, 0.2) is 136 Å². The number of carbonyl (C=O) groups is 4. The summed E-state index contributed by atoms with van der Waals surface area (Å²) >= 11 is 5.97. The maximum atomic E-state index is 15.5. The molecule has 3 aromatic heterocycles. The van der Waals surface area contributed by atoms with Gasteiger partial charge in [-0.2, -0.15) is 0 Å². The molecule has 0 spiro atoms. The lowest BCUT2D eigenvalue weighted by atomic mass is 9.93. The number of para-hydroxylation sites is 2. The zero-order chi connectivity index (χ0) is 79.8. The lowest BCUT2D eigenvalue weighted by Gasteiger charge is -2.20. The van der Waals surface area contributed by atoms with Crippen LogP contribution in [0.1, 0.15) is 391 Å². The topological polar surface area (TPSA) is 83.1 Å². The van der Waals surface area contributed by atoms with E-state index in [-0.39, 0.29) is 23.1 Å². The molecule has 9 aromatic rings. The largest absolute Gasteiger partial charge is 0.340 e. The van der Waals surface area contributed by atoms with Gasteiger partial charge in [0.2, 0.25) is 23.1 Å². The van der Waals surface area contributed by atoms with Gasteiger partial charge in [-0.3, -0.25) is 19.2 Å². The standard InChI is InChI=1S/C104H139N3O4S4/c1-7-13-19-25-31-34-40-46-55-74(53-43-37-28-22-16-10-4)71-105-87-61-51-49-59-77(87)79-63-83-93(67-89(79)105)112-101(97(83)108)103-99(110)85-65-81-82-66-86-96(70-92(82)107(91(81)69-95(85)114-103)73-76(57-45-39-30-24-18-12-6)58-48-42-36-33-27-21-15-9-3)115-104(100(86)111)102-98(109)84-64-80-78-60-50-52-62-88(78)106(90(80)68-94(84)113-102)72-75(54-44-38-29-23-17-11-5)56-47-41-35-32-26-20-14-8-2/h49-52,59-70,74-76H,7-48,53-58,71-73H2,1-6H3/b103-101-,104-102+. The molecule has 0 aliphatic carbocycles. The van der Waals surface area contributed by atoms with E-state index < -0.39 is 0 Å². The Morgan fingerprint density at radius 3 is 0.643 bits per heavy atom. The second-order valence-corrected chi connectivity index (χ2v) is 39.6. The second kappa shape index (κ2) is 44.5. The average Bonchev–Trinajstić information content (AvgIpc) is 1.56. The molecule has 0 N–H and O–H groups in total. The number of thioether (sulfide) groups is 4. The zero-order valence-electron chi connectivity index (χ0n) is 71.6. The third-order valence-corrected chi connectivity index (χ3v) is 31.4. The van der Waals surface area contributed by atoms with Crippen molar-refractivity contribution in [2.24, 2.45) is 17.8 Å². The molecule has 0 saturated heterocycles. The van der Waals surface area contributed by atoms with Crippen LogP contribution in [0.4, 0.5) is 0 Å². The Bertz CT molecular complexity index is 4570. The van der Waals surface area contributed by atoms with Gasteiger partial charge in [0.25, 0.3) is 0 Å². The number of rotatable bonds is 54. The van der Waals surface area contributed by atoms with Crippen LogP contribution >= 0.6 is 47.0 Å². The number of allylic oxidation sites excluding steroid dienone is 4. The van der Waals surface area contributed by atoms with Crippen molar-refractivity contribution in [2.75, 3.05) is 0 Å². The van der Waals surface area contributed by atoms with Crippen LogP contribution in [0.5, 0.6) is 0 Å². The summed E-state index contributed by atoms with van der Waals surface area (Å²) < 4.78 is 7.73. The summed E-state index contributed by atoms with van der Waals surface area (Å²) in [4.78, 5) is 67.4. The number of carbonyl (C=O) groups excluding carboxylic acids is 4. The first-order valence-electron chi connectivity index (χ1n) is 47.2. The minimum atomic E-state index is -0.0966. The highest BCUT2D eigenvalue weighted by molar-refractivity contribution is 8.09. The van der Waals surface area contributed by atoms with Gasteiger partial charge in [-0.1, -0.05) is 395 Å². The molecule has 4 aliphatic rings. The minimum absolute atomic E-state index is 0.0576. The Hall–Kier alpha value is -5.72. The van der Waals surface area contributed by atoms with Gasteiger partial charge in [0.1, 0.15) is 0 Å². The van der Waals surface area contributed by atoms with Crippen LogP contribution in [0, 0.1) is 17.8 Å². The maximum Gasteiger partial charge on any atom is 0.202 e. The molecule has 115 heavy (non-hydrogen) atoms. The molecule has 0 fully saturated rings. The molecular formula is C104H139N3O4S4. The molecule has 0 saturated carbocycles. The normalized spacial score (nSPS) is 16.3. The van der Waals surface area contributed by atoms with Crippen LogP contribution < -0.4 is 0 Å². The third-order valence-electron chi connectivity index (χ3n) is 26.5. The van der Waals surface area contributed by atoms with Gasteiger partial charge in [-0.15, -0.1) is 0 Å². The molecular weight excluding hydrogens is 1480 g/mol. The maximum absolute atomic E-state index is 15.5. The predicted octanol–water partition coefficient (Wildman–Crippen LogP) is 33.7. The van der Waals surface area contributed by atoms with Gasteiger partial charge >= 0.3 is 0 Å². The lowest BCUT2D eigenvalue weighted by molar-refractivity contribution is 0.101. The monoisotopic (exact) mass is 1620 g/mol.